The Labute approximate surface area is 145 Å². The third-order valence-corrected chi connectivity index (χ3v) is 4.03. The summed E-state index contributed by atoms with van der Waals surface area (Å²) >= 11 is 4.86. The van der Waals surface area contributed by atoms with Crippen molar-refractivity contribution in [2.75, 3.05) is 6.26 Å². The zero-order chi connectivity index (χ0) is 16.1. The average molecular weight is 393 g/mol. The lowest BCUT2D eigenvalue weighted by Gasteiger charge is -2.03. The van der Waals surface area contributed by atoms with E-state index in [1.54, 1.807) is 17.2 Å². The van der Waals surface area contributed by atoms with Crippen LogP contribution in [-0.4, -0.2) is 27.3 Å². The van der Waals surface area contributed by atoms with Crippen molar-refractivity contribution in [3.8, 4) is 5.75 Å². The van der Waals surface area contributed by atoms with Crippen LogP contribution >= 0.6 is 27.7 Å². The fourth-order valence-corrected chi connectivity index (χ4v) is 2.45. The molecule has 2 heterocycles. The molecule has 0 aliphatic heterocycles. The van der Waals surface area contributed by atoms with Crippen molar-refractivity contribution in [1.82, 2.24) is 14.9 Å². The maximum atomic E-state index is 5.66. The molecule has 0 bridgehead atoms. The van der Waals surface area contributed by atoms with E-state index in [1.807, 2.05) is 42.7 Å². The third-order valence-electron chi connectivity index (χ3n) is 2.87. The van der Waals surface area contributed by atoms with E-state index in [0.29, 0.717) is 17.5 Å². The smallest absolute Gasteiger partial charge is 0.211 e. The Kier molecular flexibility index (Phi) is 5.14. The number of halogens is 1. The van der Waals surface area contributed by atoms with Crippen LogP contribution in [0.5, 0.6) is 5.75 Å². The molecule has 2 aromatic heterocycles. The minimum absolute atomic E-state index is 0.359. The fraction of sp³-hybridized carbons (Fsp3) is 0.133. The third kappa shape index (κ3) is 4.23. The number of furan rings is 1. The van der Waals surface area contributed by atoms with Crippen molar-refractivity contribution >= 4 is 33.9 Å². The van der Waals surface area contributed by atoms with Gasteiger partial charge < -0.3 is 9.15 Å². The first-order valence-electron chi connectivity index (χ1n) is 6.70. The lowest BCUT2D eigenvalue weighted by Crippen LogP contribution is -1.93. The summed E-state index contributed by atoms with van der Waals surface area (Å²) in [6.07, 6.45) is 5.08. The van der Waals surface area contributed by atoms with E-state index in [9.17, 15) is 0 Å². The van der Waals surface area contributed by atoms with Crippen LogP contribution in [-0.2, 0) is 6.61 Å². The number of hydrogen-bond donors (Lipinski definition) is 0. The second kappa shape index (κ2) is 7.47. The molecule has 0 spiro atoms. The van der Waals surface area contributed by atoms with Crippen LogP contribution in [0.15, 0.2) is 61.9 Å². The van der Waals surface area contributed by atoms with Crippen LogP contribution in [0, 0.1) is 0 Å². The maximum absolute atomic E-state index is 5.66. The monoisotopic (exact) mass is 392 g/mol. The van der Waals surface area contributed by atoms with Crippen LogP contribution in [0.1, 0.15) is 11.5 Å². The van der Waals surface area contributed by atoms with E-state index in [1.165, 1.54) is 11.8 Å². The Morgan fingerprint density at radius 2 is 2.13 bits per heavy atom. The quantitative estimate of drug-likeness (QED) is 0.471. The van der Waals surface area contributed by atoms with Gasteiger partial charge in [0.2, 0.25) is 5.16 Å². The van der Waals surface area contributed by atoms with Crippen molar-refractivity contribution in [3.63, 3.8) is 0 Å². The standard InChI is InChI=1S/C15H13BrN4O2S/c1-23-15-19-17-10-20(15)18-8-13-6-7-14(22-13)9-21-12-4-2-11(16)3-5-12/h2-8,10H,9H2,1H3/b18-8+. The summed E-state index contributed by atoms with van der Waals surface area (Å²) < 4.78 is 13.9. The number of nitrogens with zero attached hydrogens (tertiary/aromatic N) is 4. The van der Waals surface area contributed by atoms with Gasteiger partial charge in [-0.3, -0.25) is 0 Å². The molecule has 0 saturated carbocycles. The van der Waals surface area contributed by atoms with Crippen LogP contribution in [0.4, 0.5) is 0 Å². The Hall–Kier alpha value is -2.06. The highest BCUT2D eigenvalue weighted by Crippen LogP contribution is 2.18. The summed E-state index contributed by atoms with van der Waals surface area (Å²) in [4.78, 5) is 0. The number of aromatic nitrogens is 3. The molecule has 3 aromatic rings. The highest BCUT2D eigenvalue weighted by molar-refractivity contribution is 9.10. The van der Waals surface area contributed by atoms with Gasteiger partial charge in [-0.1, -0.05) is 27.7 Å². The molecule has 1 aromatic carbocycles. The predicted octanol–water partition coefficient (Wildman–Crippen LogP) is 3.82. The first-order valence-corrected chi connectivity index (χ1v) is 8.72. The second-order valence-corrected chi connectivity index (χ2v) is 6.14. The summed E-state index contributed by atoms with van der Waals surface area (Å²) in [5.74, 6) is 2.15. The van der Waals surface area contributed by atoms with E-state index >= 15 is 0 Å². The molecule has 0 N–H and O–H groups in total. The van der Waals surface area contributed by atoms with E-state index in [-0.39, 0.29) is 0 Å². The predicted molar refractivity (Wildman–Crippen MR) is 92.0 cm³/mol. The first kappa shape index (κ1) is 15.8. The highest BCUT2D eigenvalue weighted by atomic mass is 79.9. The number of benzene rings is 1. The topological polar surface area (TPSA) is 65.4 Å². The molecule has 8 heteroatoms. The largest absolute Gasteiger partial charge is 0.486 e. The Morgan fingerprint density at radius 3 is 2.91 bits per heavy atom. The molecule has 3 rings (SSSR count). The van der Waals surface area contributed by atoms with Crippen LogP contribution in [0.25, 0.3) is 0 Å². The van der Waals surface area contributed by atoms with Crippen molar-refractivity contribution in [2.24, 2.45) is 5.10 Å². The maximum Gasteiger partial charge on any atom is 0.211 e. The van der Waals surface area contributed by atoms with Crippen molar-refractivity contribution < 1.29 is 9.15 Å². The zero-order valence-corrected chi connectivity index (χ0v) is 14.6. The van der Waals surface area contributed by atoms with Gasteiger partial charge in [-0.2, -0.15) is 9.78 Å². The van der Waals surface area contributed by atoms with E-state index < -0.39 is 0 Å². The van der Waals surface area contributed by atoms with Gasteiger partial charge in [-0.05, 0) is 42.7 Å². The normalized spacial score (nSPS) is 11.2. The first-order chi connectivity index (χ1) is 11.2. The second-order valence-electron chi connectivity index (χ2n) is 4.45. The summed E-state index contributed by atoms with van der Waals surface area (Å²) in [6.45, 7) is 0.359. The minimum Gasteiger partial charge on any atom is -0.486 e. The summed E-state index contributed by atoms with van der Waals surface area (Å²) in [7, 11) is 0. The number of hydrogen-bond acceptors (Lipinski definition) is 6. The van der Waals surface area contributed by atoms with E-state index in [4.69, 9.17) is 9.15 Å². The summed E-state index contributed by atoms with van der Waals surface area (Å²) in [5, 5.41) is 12.7. The van der Waals surface area contributed by atoms with Gasteiger partial charge in [0.05, 0.1) is 6.21 Å². The SMILES string of the molecule is CSc1nncn1/N=C/c1ccc(COc2ccc(Br)cc2)o1. The molecule has 0 unspecified atom stereocenters. The minimum atomic E-state index is 0.359. The molecular weight excluding hydrogens is 380 g/mol. The van der Waals surface area contributed by atoms with Gasteiger partial charge in [0.25, 0.3) is 0 Å². The highest BCUT2D eigenvalue weighted by Gasteiger charge is 2.03. The molecule has 23 heavy (non-hydrogen) atoms. The van der Waals surface area contributed by atoms with Crippen LogP contribution in [0.2, 0.25) is 0 Å². The molecule has 0 atom stereocenters. The zero-order valence-electron chi connectivity index (χ0n) is 12.2. The summed E-state index contributed by atoms with van der Waals surface area (Å²) in [5.41, 5.74) is 0. The molecule has 0 aliphatic carbocycles. The van der Waals surface area contributed by atoms with Crippen molar-refractivity contribution in [3.05, 3.63) is 58.7 Å². The average Bonchev–Trinajstić information content (AvgIpc) is 3.21. The van der Waals surface area contributed by atoms with Crippen LogP contribution < -0.4 is 4.74 Å². The van der Waals surface area contributed by atoms with Crippen molar-refractivity contribution in [2.45, 2.75) is 11.8 Å². The van der Waals surface area contributed by atoms with Gasteiger partial charge in [-0.25, -0.2) is 0 Å². The molecule has 0 radical (unpaired) electrons. The molecule has 6 nitrogen and oxygen atoms in total. The van der Waals surface area contributed by atoms with Gasteiger partial charge in [0, 0.05) is 4.47 Å². The molecule has 0 saturated heterocycles. The Morgan fingerprint density at radius 1 is 1.30 bits per heavy atom. The number of thioether (sulfide) groups is 1. The van der Waals surface area contributed by atoms with Gasteiger partial charge in [0.1, 0.15) is 30.2 Å². The van der Waals surface area contributed by atoms with Gasteiger partial charge in [-0.15, -0.1) is 10.2 Å². The molecule has 0 aliphatic rings. The molecular formula is C15H13BrN4O2S. The molecule has 0 fully saturated rings. The Balaban J connectivity index is 1.60. The number of rotatable bonds is 6. The van der Waals surface area contributed by atoms with Crippen LogP contribution in [0.3, 0.4) is 0 Å². The lowest BCUT2D eigenvalue weighted by atomic mass is 10.3. The molecule has 118 valence electrons. The van der Waals surface area contributed by atoms with Gasteiger partial charge >= 0.3 is 0 Å². The van der Waals surface area contributed by atoms with Gasteiger partial charge in [0.15, 0.2) is 0 Å². The van der Waals surface area contributed by atoms with E-state index in [2.05, 4.69) is 31.2 Å². The Bertz CT molecular complexity index is 798. The molecule has 0 amide bonds. The fourth-order valence-electron chi connectivity index (χ4n) is 1.78. The summed E-state index contributed by atoms with van der Waals surface area (Å²) in [6, 6.07) is 11.3. The number of ether oxygens (including phenoxy) is 1. The van der Waals surface area contributed by atoms with Crippen molar-refractivity contribution in [1.29, 1.82) is 0 Å². The lowest BCUT2D eigenvalue weighted by molar-refractivity contribution is 0.270. The van der Waals surface area contributed by atoms with E-state index in [0.717, 1.165) is 16.0 Å².